The molecule has 1 amide bonds. The summed E-state index contributed by atoms with van der Waals surface area (Å²) in [4.78, 5) is 10.5. The van der Waals surface area contributed by atoms with Crippen molar-refractivity contribution in [2.75, 3.05) is 20.3 Å². The van der Waals surface area contributed by atoms with Gasteiger partial charge in [-0.25, -0.2) is 4.79 Å². The van der Waals surface area contributed by atoms with Crippen molar-refractivity contribution in [3.63, 3.8) is 0 Å². The zero-order chi connectivity index (χ0) is 14.5. The van der Waals surface area contributed by atoms with Gasteiger partial charge in [-0.2, -0.15) is 0 Å². The highest BCUT2D eigenvalue weighted by Crippen LogP contribution is 2.29. The largest absolute Gasteiger partial charge is 0.497 e. The minimum Gasteiger partial charge on any atom is -0.497 e. The van der Waals surface area contributed by atoms with Crippen molar-refractivity contribution in [1.29, 1.82) is 0 Å². The monoisotopic (exact) mass is 279 g/mol. The molecule has 108 valence electrons. The Morgan fingerprint density at radius 1 is 1.40 bits per heavy atom. The predicted molar refractivity (Wildman–Crippen MR) is 73.3 cm³/mol. The van der Waals surface area contributed by atoms with Gasteiger partial charge in [0, 0.05) is 30.0 Å². The Kier molecular flexibility index (Phi) is 4.47. The van der Waals surface area contributed by atoms with E-state index in [9.17, 15) is 4.79 Å². The Morgan fingerprint density at radius 2 is 2.20 bits per heavy atom. The highest BCUT2D eigenvalue weighted by Gasteiger charge is 2.14. The number of methoxy groups -OCH3 is 1. The van der Waals surface area contributed by atoms with E-state index in [1.807, 2.05) is 12.1 Å². The number of amides is 1. The van der Waals surface area contributed by atoms with Gasteiger partial charge in [0.25, 0.3) is 0 Å². The Balaban J connectivity index is 2.32. The van der Waals surface area contributed by atoms with E-state index in [1.54, 1.807) is 13.2 Å². The van der Waals surface area contributed by atoms with Crippen LogP contribution in [0.4, 0.5) is 4.79 Å². The molecule has 0 unspecified atom stereocenters. The molecular formula is C14H17NO5. The Bertz CT molecular complexity index is 605. The smallest absolute Gasteiger partial charge is 0.404 e. The number of aliphatic hydroxyl groups is 1. The average molecular weight is 279 g/mol. The summed E-state index contributed by atoms with van der Waals surface area (Å²) >= 11 is 0. The van der Waals surface area contributed by atoms with E-state index >= 15 is 0 Å². The maximum Gasteiger partial charge on any atom is 0.404 e. The van der Waals surface area contributed by atoms with Crippen LogP contribution in [0.15, 0.2) is 22.6 Å². The van der Waals surface area contributed by atoms with Crippen LogP contribution in [0.5, 0.6) is 5.75 Å². The quantitative estimate of drug-likeness (QED) is 0.749. The molecule has 1 heterocycles. The van der Waals surface area contributed by atoms with Crippen molar-refractivity contribution in [1.82, 2.24) is 5.32 Å². The Labute approximate surface area is 116 Å². The average Bonchev–Trinajstić information content (AvgIpc) is 2.76. The number of hydrogen-bond donors (Lipinski definition) is 3. The first-order valence-corrected chi connectivity index (χ1v) is 6.31. The molecule has 2 rings (SSSR count). The third kappa shape index (κ3) is 3.03. The van der Waals surface area contributed by atoms with Crippen LogP contribution < -0.4 is 10.1 Å². The van der Waals surface area contributed by atoms with Crippen LogP contribution in [0.3, 0.4) is 0 Å². The van der Waals surface area contributed by atoms with Gasteiger partial charge >= 0.3 is 6.09 Å². The van der Waals surface area contributed by atoms with E-state index in [-0.39, 0.29) is 6.61 Å². The number of fused-ring (bicyclic) bond motifs is 1. The number of carboxylic acid groups (broad SMARTS) is 1. The van der Waals surface area contributed by atoms with Gasteiger partial charge < -0.3 is 24.7 Å². The molecule has 3 N–H and O–H groups in total. The van der Waals surface area contributed by atoms with Crippen molar-refractivity contribution in [3.8, 4) is 5.75 Å². The lowest BCUT2D eigenvalue weighted by molar-refractivity contribution is 0.194. The summed E-state index contributed by atoms with van der Waals surface area (Å²) in [5, 5.41) is 20.9. The first kappa shape index (κ1) is 14.2. The van der Waals surface area contributed by atoms with E-state index in [0.29, 0.717) is 36.5 Å². The molecule has 2 aromatic rings. The van der Waals surface area contributed by atoms with Crippen molar-refractivity contribution in [3.05, 3.63) is 29.5 Å². The van der Waals surface area contributed by atoms with Crippen LogP contribution >= 0.6 is 0 Å². The van der Waals surface area contributed by atoms with Gasteiger partial charge in [0.15, 0.2) is 0 Å². The number of furan rings is 1. The molecule has 0 aliphatic rings. The molecule has 0 saturated carbocycles. The molecule has 0 saturated heterocycles. The summed E-state index contributed by atoms with van der Waals surface area (Å²) in [6, 6.07) is 5.49. The maximum absolute atomic E-state index is 10.5. The lowest BCUT2D eigenvalue weighted by Crippen LogP contribution is -2.23. The lowest BCUT2D eigenvalue weighted by Gasteiger charge is -2.03. The van der Waals surface area contributed by atoms with Crippen molar-refractivity contribution >= 4 is 17.1 Å². The second kappa shape index (κ2) is 6.29. The fourth-order valence-electron chi connectivity index (χ4n) is 2.18. The first-order chi connectivity index (χ1) is 9.65. The van der Waals surface area contributed by atoms with E-state index in [4.69, 9.17) is 19.4 Å². The summed E-state index contributed by atoms with van der Waals surface area (Å²) in [7, 11) is 1.58. The fraction of sp³-hybridized carbons (Fsp3) is 0.357. The third-order valence-corrected chi connectivity index (χ3v) is 3.07. The number of hydrogen-bond acceptors (Lipinski definition) is 4. The molecule has 6 nitrogen and oxygen atoms in total. The van der Waals surface area contributed by atoms with Gasteiger partial charge in [0.2, 0.25) is 0 Å². The van der Waals surface area contributed by atoms with E-state index in [0.717, 1.165) is 10.9 Å². The summed E-state index contributed by atoms with van der Waals surface area (Å²) < 4.78 is 10.9. The van der Waals surface area contributed by atoms with E-state index in [2.05, 4.69) is 5.32 Å². The normalized spacial score (nSPS) is 10.7. The molecule has 6 heteroatoms. The molecule has 1 aromatic heterocycles. The summed E-state index contributed by atoms with van der Waals surface area (Å²) in [5.41, 5.74) is 1.60. The van der Waals surface area contributed by atoms with Crippen LogP contribution in [0.1, 0.15) is 11.3 Å². The Morgan fingerprint density at radius 3 is 2.85 bits per heavy atom. The molecule has 0 radical (unpaired) electrons. The molecule has 1 aromatic carbocycles. The molecular weight excluding hydrogens is 262 g/mol. The molecule has 0 aliphatic heterocycles. The summed E-state index contributed by atoms with van der Waals surface area (Å²) in [6.45, 7) is 0.282. The number of nitrogens with one attached hydrogen (secondary N) is 1. The van der Waals surface area contributed by atoms with Crippen LogP contribution in [0, 0.1) is 0 Å². The van der Waals surface area contributed by atoms with Gasteiger partial charge in [-0.3, -0.25) is 0 Å². The zero-order valence-electron chi connectivity index (χ0n) is 11.2. The summed E-state index contributed by atoms with van der Waals surface area (Å²) in [6.07, 6.45) is -0.136. The molecule has 0 spiro atoms. The second-order valence-corrected chi connectivity index (χ2v) is 4.32. The molecule has 0 fully saturated rings. The van der Waals surface area contributed by atoms with Gasteiger partial charge in [-0.05, 0) is 18.6 Å². The topological polar surface area (TPSA) is 91.9 Å². The van der Waals surface area contributed by atoms with E-state index in [1.165, 1.54) is 0 Å². The van der Waals surface area contributed by atoms with Gasteiger partial charge in [0.05, 0.1) is 13.7 Å². The van der Waals surface area contributed by atoms with Crippen LogP contribution in [-0.2, 0) is 12.8 Å². The second-order valence-electron chi connectivity index (χ2n) is 4.32. The number of benzene rings is 1. The van der Waals surface area contributed by atoms with Gasteiger partial charge in [0.1, 0.15) is 17.1 Å². The number of rotatable bonds is 6. The molecule has 0 atom stereocenters. The fourth-order valence-corrected chi connectivity index (χ4v) is 2.18. The number of aliphatic hydroxyl groups excluding tert-OH is 1. The van der Waals surface area contributed by atoms with Crippen molar-refractivity contribution < 1.29 is 24.2 Å². The molecule has 0 aliphatic carbocycles. The van der Waals surface area contributed by atoms with Crippen LogP contribution in [0.25, 0.3) is 11.0 Å². The maximum atomic E-state index is 10.5. The van der Waals surface area contributed by atoms with E-state index < -0.39 is 6.09 Å². The highest BCUT2D eigenvalue weighted by molar-refractivity contribution is 5.83. The first-order valence-electron chi connectivity index (χ1n) is 6.31. The minimum absolute atomic E-state index is 0.0175. The number of carbonyl (C=O) groups is 1. The predicted octanol–water partition coefficient (Wildman–Crippen LogP) is 1.79. The SMILES string of the molecule is COc1ccc2c(CCNC(=O)O)c(CCO)oc2c1. The molecule has 20 heavy (non-hydrogen) atoms. The standard InChI is InChI=1S/C14H17NO5/c1-19-9-2-3-10-11(4-6-15-14(17)18)12(5-7-16)20-13(10)8-9/h2-3,8,15-16H,4-7H2,1H3,(H,17,18). The zero-order valence-corrected chi connectivity index (χ0v) is 11.2. The third-order valence-electron chi connectivity index (χ3n) is 3.07. The van der Waals surface area contributed by atoms with Crippen LogP contribution in [0.2, 0.25) is 0 Å². The van der Waals surface area contributed by atoms with Crippen molar-refractivity contribution in [2.24, 2.45) is 0 Å². The number of ether oxygens (including phenoxy) is 1. The lowest BCUT2D eigenvalue weighted by atomic mass is 10.1. The van der Waals surface area contributed by atoms with Crippen LogP contribution in [-0.4, -0.2) is 36.6 Å². The van der Waals surface area contributed by atoms with Gasteiger partial charge in [-0.15, -0.1) is 0 Å². The molecule has 0 bridgehead atoms. The minimum atomic E-state index is -1.05. The Hall–Kier alpha value is -2.21. The summed E-state index contributed by atoms with van der Waals surface area (Å²) in [5.74, 6) is 1.37. The van der Waals surface area contributed by atoms with Crippen molar-refractivity contribution in [2.45, 2.75) is 12.8 Å². The van der Waals surface area contributed by atoms with Gasteiger partial charge in [-0.1, -0.05) is 0 Å². The highest BCUT2D eigenvalue weighted by atomic mass is 16.5.